The summed E-state index contributed by atoms with van der Waals surface area (Å²) in [4.78, 5) is 9.83. The van der Waals surface area contributed by atoms with E-state index < -0.39 is 0 Å². The Labute approximate surface area is 293 Å². The highest BCUT2D eigenvalue weighted by Gasteiger charge is 2.37. The van der Waals surface area contributed by atoms with E-state index in [0.29, 0.717) is 22.8 Å². The smallest absolute Gasteiger partial charge is 0.160 e. The molecule has 1 aliphatic rings. The summed E-state index contributed by atoms with van der Waals surface area (Å²) in [6.07, 6.45) is 0. The molecule has 0 atom stereocenters. The SMILES string of the molecule is [2H]c1c([2H])c(-c2cccc3c2-c2cc4ccccc4cc2C3(C)C)c([2H])c([2H])c1-c1cc(-c2ccc(-c3ccccc3)cc2)nc(-c2ccccc2)n1. The van der Waals surface area contributed by atoms with Crippen molar-refractivity contribution in [3.63, 3.8) is 0 Å². The van der Waals surface area contributed by atoms with E-state index in [2.05, 4.69) is 68.4 Å². The Morgan fingerprint density at radius 3 is 1.67 bits per heavy atom. The minimum atomic E-state index is -0.312. The van der Waals surface area contributed by atoms with Crippen LogP contribution in [0.15, 0.2) is 170 Å². The molecular formula is C47H34N2. The molecule has 1 aromatic heterocycles. The van der Waals surface area contributed by atoms with Crippen LogP contribution in [0.4, 0.5) is 0 Å². The molecule has 9 rings (SSSR count). The highest BCUT2D eigenvalue weighted by molar-refractivity contribution is 5.98. The molecule has 0 amide bonds. The van der Waals surface area contributed by atoms with Crippen molar-refractivity contribution in [3.8, 4) is 67.3 Å². The number of hydrogen-bond acceptors (Lipinski definition) is 2. The summed E-state index contributed by atoms with van der Waals surface area (Å²) < 4.78 is 37.7. The van der Waals surface area contributed by atoms with E-state index in [0.717, 1.165) is 49.7 Å². The van der Waals surface area contributed by atoms with Gasteiger partial charge in [0.05, 0.1) is 16.9 Å². The van der Waals surface area contributed by atoms with E-state index in [-0.39, 0.29) is 40.7 Å². The van der Waals surface area contributed by atoms with E-state index in [1.165, 1.54) is 5.56 Å². The standard InChI is InChI=1S/C47H34N2/c1-47(2)41-19-11-18-39(45(41)40-28-37-16-9-10-17-38(37)29-42(40)47)33-22-26-35(27-23-33)44-30-43(48-46(49-44)36-14-7-4-8-15-36)34-24-20-32(21-25-34)31-12-5-3-6-13-31/h3-30H,1-2H3/i22D,23D,26D,27D. The fraction of sp³-hybridized carbons (Fsp3) is 0.0638. The molecule has 2 heteroatoms. The Hall–Kier alpha value is -6.12. The van der Waals surface area contributed by atoms with Gasteiger partial charge in [0.2, 0.25) is 0 Å². The van der Waals surface area contributed by atoms with E-state index in [9.17, 15) is 5.48 Å². The molecule has 0 saturated heterocycles. The topological polar surface area (TPSA) is 25.8 Å². The number of nitrogens with zero attached hydrogens (tertiary/aromatic N) is 2. The Balaban J connectivity index is 1.22. The fourth-order valence-corrected chi connectivity index (χ4v) is 7.16. The second-order valence-electron chi connectivity index (χ2n) is 13.1. The first-order valence-electron chi connectivity index (χ1n) is 18.6. The van der Waals surface area contributed by atoms with Crippen LogP contribution in [0.2, 0.25) is 0 Å². The molecule has 0 unspecified atom stereocenters. The molecule has 0 N–H and O–H groups in total. The van der Waals surface area contributed by atoms with Crippen LogP contribution < -0.4 is 0 Å². The first-order valence-corrected chi connectivity index (χ1v) is 16.6. The highest BCUT2D eigenvalue weighted by Crippen LogP contribution is 2.53. The van der Waals surface area contributed by atoms with Gasteiger partial charge in [0.25, 0.3) is 0 Å². The van der Waals surface area contributed by atoms with Crippen molar-refractivity contribution in [2.45, 2.75) is 19.3 Å². The lowest BCUT2D eigenvalue weighted by atomic mass is 9.81. The van der Waals surface area contributed by atoms with Crippen molar-refractivity contribution >= 4 is 10.8 Å². The molecule has 49 heavy (non-hydrogen) atoms. The molecule has 0 spiro atoms. The Morgan fingerprint density at radius 1 is 0.429 bits per heavy atom. The van der Waals surface area contributed by atoms with Crippen LogP contribution in [-0.4, -0.2) is 9.97 Å². The van der Waals surface area contributed by atoms with Gasteiger partial charge in [-0.3, -0.25) is 0 Å². The van der Waals surface area contributed by atoms with Crippen molar-refractivity contribution < 1.29 is 5.48 Å². The van der Waals surface area contributed by atoms with Crippen LogP contribution in [0.1, 0.15) is 30.5 Å². The average molecular weight is 631 g/mol. The Kier molecular flexibility index (Phi) is 5.88. The summed E-state index contributed by atoms with van der Waals surface area (Å²) in [5, 5.41) is 2.27. The summed E-state index contributed by atoms with van der Waals surface area (Å²) in [5.74, 6) is 0.443. The normalized spacial score (nSPS) is 14.0. The molecule has 1 aliphatic carbocycles. The Bertz CT molecular complexity index is 2690. The molecule has 2 nitrogen and oxygen atoms in total. The fourth-order valence-electron chi connectivity index (χ4n) is 7.16. The second-order valence-corrected chi connectivity index (χ2v) is 13.1. The van der Waals surface area contributed by atoms with Gasteiger partial charge in [-0.1, -0.05) is 165 Å². The zero-order valence-corrected chi connectivity index (χ0v) is 27.3. The largest absolute Gasteiger partial charge is 0.228 e. The lowest BCUT2D eigenvalue weighted by molar-refractivity contribution is 0.661. The molecule has 0 bridgehead atoms. The summed E-state index contributed by atoms with van der Waals surface area (Å²) in [6.45, 7) is 4.42. The second kappa shape index (κ2) is 11.5. The molecule has 232 valence electrons. The van der Waals surface area contributed by atoms with Gasteiger partial charge in [0, 0.05) is 22.1 Å². The van der Waals surface area contributed by atoms with Crippen molar-refractivity contribution in [2.75, 3.05) is 0 Å². The zero-order valence-electron chi connectivity index (χ0n) is 31.3. The minimum absolute atomic E-state index is 0.102. The third kappa shape index (κ3) is 5.05. The molecule has 0 fully saturated rings. The maximum Gasteiger partial charge on any atom is 0.160 e. The number of benzene rings is 7. The number of hydrogen-bond donors (Lipinski definition) is 0. The zero-order chi connectivity index (χ0) is 36.4. The molecule has 1 heterocycles. The first kappa shape index (κ1) is 25.0. The summed E-state index contributed by atoms with van der Waals surface area (Å²) >= 11 is 0. The van der Waals surface area contributed by atoms with E-state index >= 15 is 0 Å². The van der Waals surface area contributed by atoms with Crippen LogP contribution in [0.25, 0.3) is 78.1 Å². The highest BCUT2D eigenvalue weighted by atomic mass is 14.9. The molecular weight excluding hydrogens is 593 g/mol. The third-order valence-electron chi connectivity index (χ3n) is 9.76. The van der Waals surface area contributed by atoms with E-state index in [1.54, 1.807) is 6.07 Å². The van der Waals surface area contributed by atoms with Gasteiger partial charge in [-0.25, -0.2) is 9.97 Å². The first-order chi connectivity index (χ1) is 25.7. The van der Waals surface area contributed by atoms with Crippen LogP contribution in [0.3, 0.4) is 0 Å². The van der Waals surface area contributed by atoms with Gasteiger partial charge in [-0.2, -0.15) is 0 Å². The average Bonchev–Trinajstić information content (AvgIpc) is 3.42. The summed E-state index contributed by atoms with van der Waals surface area (Å²) in [5.41, 5.74) is 9.91. The van der Waals surface area contributed by atoms with Crippen LogP contribution in [0.5, 0.6) is 0 Å². The predicted molar refractivity (Wildman–Crippen MR) is 204 cm³/mol. The molecule has 8 aromatic rings. The predicted octanol–water partition coefficient (Wildman–Crippen LogP) is 12.3. The van der Waals surface area contributed by atoms with Gasteiger partial charge in [0.15, 0.2) is 5.82 Å². The molecule has 0 saturated carbocycles. The number of rotatable bonds is 5. The van der Waals surface area contributed by atoms with Crippen molar-refractivity contribution in [1.29, 1.82) is 0 Å². The monoisotopic (exact) mass is 630 g/mol. The molecule has 0 aliphatic heterocycles. The summed E-state index contributed by atoms with van der Waals surface area (Å²) in [7, 11) is 0. The van der Waals surface area contributed by atoms with Gasteiger partial charge < -0.3 is 0 Å². The minimum Gasteiger partial charge on any atom is -0.228 e. The van der Waals surface area contributed by atoms with Crippen LogP contribution >= 0.6 is 0 Å². The maximum atomic E-state index is 9.44. The van der Waals surface area contributed by atoms with Crippen molar-refractivity contribution in [2.24, 2.45) is 0 Å². The number of aromatic nitrogens is 2. The van der Waals surface area contributed by atoms with Crippen LogP contribution in [0, 0.1) is 0 Å². The van der Waals surface area contributed by atoms with E-state index in [1.807, 2.05) is 84.9 Å². The van der Waals surface area contributed by atoms with Gasteiger partial charge in [0.1, 0.15) is 0 Å². The Morgan fingerprint density at radius 2 is 0.980 bits per heavy atom. The number of fused-ring (bicyclic) bond motifs is 4. The van der Waals surface area contributed by atoms with Crippen molar-refractivity contribution in [3.05, 3.63) is 181 Å². The van der Waals surface area contributed by atoms with E-state index in [4.69, 9.17) is 9.97 Å². The lowest BCUT2D eigenvalue weighted by Crippen LogP contribution is -2.14. The van der Waals surface area contributed by atoms with Crippen molar-refractivity contribution in [1.82, 2.24) is 9.97 Å². The van der Waals surface area contributed by atoms with Crippen LogP contribution in [-0.2, 0) is 5.41 Å². The molecule has 0 radical (unpaired) electrons. The third-order valence-corrected chi connectivity index (χ3v) is 9.76. The molecule has 7 aromatic carbocycles. The van der Waals surface area contributed by atoms with Gasteiger partial charge in [-0.05, 0) is 73.5 Å². The quantitative estimate of drug-likeness (QED) is 0.189. The van der Waals surface area contributed by atoms with Gasteiger partial charge in [-0.15, -0.1) is 0 Å². The van der Waals surface area contributed by atoms with Gasteiger partial charge >= 0.3 is 0 Å². The maximum absolute atomic E-state index is 9.44. The summed E-state index contributed by atoms with van der Waals surface area (Å²) in [6, 6.07) is 48.0. The lowest BCUT2D eigenvalue weighted by Gasteiger charge is -2.22.